The quantitative estimate of drug-likeness (QED) is 0.856. The average molecular weight is 306 g/mol. The number of hydrogen-bond acceptors (Lipinski definition) is 3. The van der Waals surface area contributed by atoms with Crippen LogP contribution < -0.4 is 4.74 Å². The fraction of sp³-hybridized carbons (Fsp3) is 0.400. The van der Waals surface area contributed by atoms with Crippen LogP contribution in [0.4, 0.5) is 0 Å². The molecule has 1 fully saturated rings. The van der Waals surface area contributed by atoms with Gasteiger partial charge in [0.25, 0.3) is 0 Å². The minimum Gasteiger partial charge on any atom is -0.495 e. The highest BCUT2D eigenvalue weighted by Gasteiger charge is 2.31. The van der Waals surface area contributed by atoms with E-state index in [1.807, 2.05) is 0 Å². The number of hydrogen-bond donors (Lipinski definition) is 0. The molecule has 0 N–H and O–H groups in total. The maximum Gasteiger partial charge on any atom is 0.246 e. The molecule has 4 nitrogen and oxygen atoms in total. The van der Waals surface area contributed by atoms with Crippen LogP contribution in [0.1, 0.15) is 6.42 Å². The second-order valence-corrected chi connectivity index (χ2v) is 6.37. The van der Waals surface area contributed by atoms with Crippen molar-refractivity contribution in [1.82, 2.24) is 4.31 Å². The summed E-state index contributed by atoms with van der Waals surface area (Å²) < 4.78 is 31.6. The Morgan fingerprint density at radius 1 is 1.38 bits per heavy atom. The Morgan fingerprint density at radius 3 is 2.56 bits per heavy atom. The number of benzene rings is 1. The largest absolute Gasteiger partial charge is 0.495 e. The second-order valence-electron chi connectivity index (χ2n) is 3.55. The highest BCUT2D eigenvalue weighted by atomic mass is 79.9. The van der Waals surface area contributed by atoms with Crippen LogP contribution in [-0.2, 0) is 10.0 Å². The highest BCUT2D eigenvalue weighted by Crippen LogP contribution is 2.31. The monoisotopic (exact) mass is 305 g/mol. The van der Waals surface area contributed by atoms with Gasteiger partial charge in [-0.2, -0.15) is 4.31 Å². The number of nitrogens with zero attached hydrogens (tertiary/aromatic N) is 1. The molecular formula is C10H12BrNO3S. The van der Waals surface area contributed by atoms with Crippen molar-refractivity contribution in [2.45, 2.75) is 11.3 Å². The minimum absolute atomic E-state index is 0.226. The van der Waals surface area contributed by atoms with Crippen molar-refractivity contribution in [3.8, 4) is 5.75 Å². The van der Waals surface area contributed by atoms with E-state index in [-0.39, 0.29) is 4.90 Å². The van der Waals surface area contributed by atoms with Crippen molar-refractivity contribution in [3.05, 3.63) is 22.7 Å². The normalized spacial score (nSPS) is 16.9. The molecule has 1 aromatic carbocycles. The van der Waals surface area contributed by atoms with Gasteiger partial charge in [0.2, 0.25) is 10.0 Å². The Labute approximate surface area is 103 Å². The van der Waals surface area contributed by atoms with Crippen LogP contribution >= 0.6 is 15.9 Å². The summed E-state index contributed by atoms with van der Waals surface area (Å²) in [5, 5.41) is 0. The first-order valence-corrected chi connectivity index (χ1v) is 7.12. The first kappa shape index (κ1) is 11.9. The molecule has 0 unspecified atom stereocenters. The molecule has 1 aromatic rings. The molecule has 1 saturated heterocycles. The highest BCUT2D eigenvalue weighted by molar-refractivity contribution is 9.10. The van der Waals surface area contributed by atoms with E-state index in [0.29, 0.717) is 18.8 Å². The third kappa shape index (κ3) is 1.97. The average Bonchev–Trinajstić information content (AvgIpc) is 2.14. The zero-order valence-corrected chi connectivity index (χ0v) is 11.2. The topological polar surface area (TPSA) is 46.6 Å². The van der Waals surface area contributed by atoms with Crippen molar-refractivity contribution >= 4 is 26.0 Å². The Kier molecular flexibility index (Phi) is 3.23. The summed E-state index contributed by atoms with van der Waals surface area (Å²) in [5.41, 5.74) is 0. The van der Waals surface area contributed by atoms with Crippen LogP contribution in [0.5, 0.6) is 5.75 Å². The standard InChI is InChI=1S/C10H12BrNO3S/c1-15-9-4-3-8(11)7-10(9)16(13,14)12-5-2-6-12/h3-4,7H,2,5-6H2,1H3. The summed E-state index contributed by atoms with van der Waals surface area (Å²) in [5.74, 6) is 0.384. The molecule has 0 aromatic heterocycles. The summed E-state index contributed by atoms with van der Waals surface area (Å²) in [6.45, 7) is 1.19. The smallest absolute Gasteiger partial charge is 0.246 e. The second kappa shape index (κ2) is 4.35. The van der Waals surface area contributed by atoms with E-state index in [4.69, 9.17) is 4.74 Å². The number of ether oxygens (including phenoxy) is 1. The predicted molar refractivity (Wildman–Crippen MR) is 64.1 cm³/mol. The molecule has 0 saturated carbocycles. The number of sulfonamides is 1. The molecule has 1 aliphatic rings. The van der Waals surface area contributed by atoms with Crippen molar-refractivity contribution in [1.29, 1.82) is 0 Å². The third-order valence-corrected chi connectivity index (χ3v) is 4.97. The van der Waals surface area contributed by atoms with Crippen molar-refractivity contribution in [3.63, 3.8) is 0 Å². The van der Waals surface area contributed by atoms with Crippen LogP contribution in [0.25, 0.3) is 0 Å². The van der Waals surface area contributed by atoms with E-state index < -0.39 is 10.0 Å². The molecule has 0 atom stereocenters. The molecule has 0 amide bonds. The summed E-state index contributed by atoms with van der Waals surface area (Å²) in [6, 6.07) is 4.98. The maximum absolute atomic E-state index is 12.2. The van der Waals surface area contributed by atoms with E-state index >= 15 is 0 Å². The molecule has 0 radical (unpaired) electrons. The Balaban J connectivity index is 2.49. The van der Waals surface area contributed by atoms with Crippen molar-refractivity contribution < 1.29 is 13.2 Å². The zero-order chi connectivity index (χ0) is 11.8. The molecule has 6 heteroatoms. The molecular weight excluding hydrogens is 294 g/mol. The van der Waals surface area contributed by atoms with E-state index in [9.17, 15) is 8.42 Å². The summed E-state index contributed by atoms with van der Waals surface area (Å²) in [7, 11) is -1.92. The molecule has 0 spiro atoms. The van der Waals surface area contributed by atoms with Gasteiger partial charge in [0.1, 0.15) is 10.6 Å². The van der Waals surface area contributed by atoms with E-state index in [0.717, 1.165) is 10.9 Å². The van der Waals surface area contributed by atoms with Gasteiger partial charge < -0.3 is 4.74 Å². The molecule has 1 aliphatic heterocycles. The van der Waals surface area contributed by atoms with Crippen molar-refractivity contribution in [2.24, 2.45) is 0 Å². The molecule has 0 aliphatic carbocycles. The Morgan fingerprint density at radius 2 is 2.06 bits per heavy atom. The van der Waals surface area contributed by atoms with Gasteiger partial charge in [-0.25, -0.2) is 8.42 Å². The summed E-state index contributed by atoms with van der Waals surface area (Å²) >= 11 is 3.27. The van der Waals surface area contributed by atoms with Gasteiger partial charge in [-0.1, -0.05) is 15.9 Å². The van der Waals surface area contributed by atoms with Gasteiger partial charge in [0, 0.05) is 17.6 Å². The first-order chi connectivity index (χ1) is 7.55. The number of methoxy groups -OCH3 is 1. The molecule has 88 valence electrons. The predicted octanol–water partition coefficient (Wildman–Crippen LogP) is 1.85. The zero-order valence-electron chi connectivity index (χ0n) is 8.81. The molecule has 16 heavy (non-hydrogen) atoms. The lowest BCUT2D eigenvalue weighted by Crippen LogP contribution is -2.42. The van der Waals surface area contributed by atoms with E-state index in [1.54, 1.807) is 18.2 Å². The van der Waals surface area contributed by atoms with Crippen LogP contribution in [0.3, 0.4) is 0 Å². The Bertz CT molecular complexity index is 497. The summed E-state index contributed by atoms with van der Waals surface area (Å²) in [4.78, 5) is 0.226. The lowest BCUT2D eigenvalue weighted by Gasteiger charge is -2.30. The third-order valence-electron chi connectivity index (χ3n) is 2.56. The van der Waals surface area contributed by atoms with Gasteiger partial charge in [0.15, 0.2) is 0 Å². The SMILES string of the molecule is COc1ccc(Br)cc1S(=O)(=O)N1CCC1. The maximum atomic E-state index is 12.2. The lowest BCUT2D eigenvalue weighted by atomic mass is 10.3. The first-order valence-electron chi connectivity index (χ1n) is 4.89. The molecule has 1 heterocycles. The van der Waals surface area contributed by atoms with Gasteiger partial charge in [-0.3, -0.25) is 0 Å². The van der Waals surface area contributed by atoms with Crippen LogP contribution in [0.15, 0.2) is 27.6 Å². The number of halogens is 1. The Hall–Kier alpha value is -0.590. The molecule has 2 rings (SSSR count). The van der Waals surface area contributed by atoms with E-state index in [1.165, 1.54) is 11.4 Å². The number of rotatable bonds is 3. The van der Waals surface area contributed by atoms with Crippen LogP contribution in [0, 0.1) is 0 Å². The van der Waals surface area contributed by atoms with Crippen molar-refractivity contribution in [2.75, 3.05) is 20.2 Å². The van der Waals surface area contributed by atoms with Gasteiger partial charge in [0.05, 0.1) is 7.11 Å². The van der Waals surface area contributed by atoms with Crippen LogP contribution in [0.2, 0.25) is 0 Å². The fourth-order valence-corrected chi connectivity index (χ4v) is 3.73. The summed E-state index contributed by atoms with van der Waals surface area (Å²) in [6.07, 6.45) is 0.926. The van der Waals surface area contributed by atoms with E-state index in [2.05, 4.69) is 15.9 Å². The van der Waals surface area contributed by atoms with Gasteiger partial charge in [-0.15, -0.1) is 0 Å². The van der Waals surface area contributed by atoms with Gasteiger partial charge in [-0.05, 0) is 24.6 Å². The minimum atomic E-state index is -3.39. The van der Waals surface area contributed by atoms with Crippen LogP contribution in [-0.4, -0.2) is 32.9 Å². The van der Waals surface area contributed by atoms with Gasteiger partial charge >= 0.3 is 0 Å². The molecule has 0 bridgehead atoms. The lowest BCUT2D eigenvalue weighted by molar-refractivity contribution is 0.307. The fourth-order valence-electron chi connectivity index (χ4n) is 1.52.